The number of ketones is 1. The molecule has 0 aliphatic carbocycles. The third-order valence-electron chi connectivity index (χ3n) is 4.11. The highest BCUT2D eigenvalue weighted by Gasteiger charge is 2.41. The fourth-order valence-electron chi connectivity index (χ4n) is 2.89. The zero-order valence-electron chi connectivity index (χ0n) is 14.3. The number of anilines is 1. The number of amides is 1. The van der Waals surface area contributed by atoms with Crippen molar-refractivity contribution in [2.75, 3.05) is 26.2 Å². The van der Waals surface area contributed by atoms with Crippen molar-refractivity contribution in [2.45, 2.75) is 6.54 Å². The van der Waals surface area contributed by atoms with E-state index in [2.05, 4.69) is 0 Å². The van der Waals surface area contributed by atoms with Gasteiger partial charge >= 0.3 is 0 Å². The van der Waals surface area contributed by atoms with E-state index in [9.17, 15) is 14.0 Å². The van der Waals surface area contributed by atoms with Crippen LogP contribution in [-0.4, -0.2) is 33.0 Å². The van der Waals surface area contributed by atoms with Gasteiger partial charge in [-0.3, -0.25) is 14.5 Å². The number of methoxy groups -OCH3 is 3. The lowest BCUT2D eigenvalue weighted by Crippen LogP contribution is -2.29. The summed E-state index contributed by atoms with van der Waals surface area (Å²) in [5.41, 5.74) is 0.547. The second kappa shape index (κ2) is 6.84. The number of halogens is 2. The number of carbonyl (C=O) groups is 2. The molecule has 26 heavy (non-hydrogen) atoms. The summed E-state index contributed by atoms with van der Waals surface area (Å²) in [5.74, 6) is -1.53. The molecule has 2 aromatic carbocycles. The van der Waals surface area contributed by atoms with Crippen molar-refractivity contribution in [2.24, 2.45) is 0 Å². The molecule has 0 fully saturated rings. The minimum Gasteiger partial charge on any atom is -0.493 e. The quantitative estimate of drug-likeness (QED) is 0.746. The summed E-state index contributed by atoms with van der Waals surface area (Å²) in [4.78, 5) is 26.2. The van der Waals surface area contributed by atoms with Gasteiger partial charge in [0.15, 0.2) is 11.5 Å². The molecule has 136 valence electrons. The first-order valence-corrected chi connectivity index (χ1v) is 7.93. The number of hydrogen-bond donors (Lipinski definition) is 0. The Morgan fingerprint density at radius 2 is 1.73 bits per heavy atom. The van der Waals surface area contributed by atoms with E-state index in [-0.39, 0.29) is 45.6 Å². The van der Waals surface area contributed by atoms with Crippen molar-refractivity contribution in [1.29, 1.82) is 0 Å². The van der Waals surface area contributed by atoms with E-state index >= 15 is 0 Å². The lowest BCUT2D eigenvalue weighted by molar-refractivity contribution is -0.114. The fourth-order valence-corrected chi connectivity index (χ4v) is 3.05. The Balaban J connectivity index is 2.14. The maximum absolute atomic E-state index is 14.1. The molecule has 3 rings (SSSR count). The second-order valence-electron chi connectivity index (χ2n) is 5.50. The molecule has 0 N–H and O–H groups in total. The summed E-state index contributed by atoms with van der Waals surface area (Å²) in [6.07, 6.45) is 0. The van der Waals surface area contributed by atoms with Crippen LogP contribution in [0.15, 0.2) is 24.3 Å². The molecule has 0 spiro atoms. The summed E-state index contributed by atoms with van der Waals surface area (Å²) in [6.45, 7) is -0.140. The van der Waals surface area contributed by atoms with Crippen LogP contribution in [-0.2, 0) is 11.3 Å². The van der Waals surface area contributed by atoms with Gasteiger partial charge in [-0.1, -0.05) is 17.7 Å². The maximum atomic E-state index is 14.1. The first-order chi connectivity index (χ1) is 12.4. The van der Waals surface area contributed by atoms with E-state index in [0.717, 1.165) is 6.07 Å². The molecule has 0 aromatic heterocycles. The number of carbonyl (C=O) groups excluding carboxylic acids is 2. The number of rotatable bonds is 5. The van der Waals surface area contributed by atoms with Gasteiger partial charge in [0, 0.05) is 16.7 Å². The molecule has 1 aliphatic heterocycles. The summed E-state index contributed by atoms with van der Waals surface area (Å²) in [7, 11) is 4.18. The van der Waals surface area contributed by atoms with Gasteiger partial charge in [-0.2, -0.15) is 0 Å². The van der Waals surface area contributed by atoms with Crippen LogP contribution in [0.25, 0.3) is 0 Å². The molecule has 8 heteroatoms. The third kappa shape index (κ3) is 2.74. The Morgan fingerprint density at radius 3 is 2.31 bits per heavy atom. The van der Waals surface area contributed by atoms with Crippen molar-refractivity contribution in [3.63, 3.8) is 0 Å². The zero-order valence-corrected chi connectivity index (χ0v) is 15.0. The van der Waals surface area contributed by atoms with Crippen LogP contribution < -0.4 is 19.1 Å². The predicted molar refractivity (Wildman–Crippen MR) is 93.0 cm³/mol. The van der Waals surface area contributed by atoms with Gasteiger partial charge in [-0.05, 0) is 12.1 Å². The molecule has 2 aromatic rings. The van der Waals surface area contributed by atoms with Gasteiger partial charge in [0.05, 0.1) is 39.1 Å². The highest BCUT2D eigenvalue weighted by Crippen LogP contribution is 2.48. The van der Waals surface area contributed by atoms with Crippen LogP contribution in [0.2, 0.25) is 5.02 Å². The minimum absolute atomic E-state index is 0.0597. The Morgan fingerprint density at radius 1 is 1.04 bits per heavy atom. The molecule has 0 radical (unpaired) electrons. The molecule has 0 bridgehead atoms. The smallest absolute Gasteiger partial charge is 0.299 e. The van der Waals surface area contributed by atoms with Crippen molar-refractivity contribution in [3.8, 4) is 17.2 Å². The number of benzene rings is 2. The SMILES string of the molecule is COc1cc2c(c(OC)c1OC)C(=O)C(=O)N2Cc1ccc(Cl)cc1F. The van der Waals surface area contributed by atoms with Gasteiger partial charge in [-0.25, -0.2) is 4.39 Å². The number of hydrogen-bond acceptors (Lipinski definition) is 5. The average Bonchev–Trinajstić information content (AvgIpc) is 2.86. The molecule has 0 atom stereocenters. The van der Waals surface area contributed by atoms with Crippen molar-refractivity contribution < 1.29 is 28.2 Å². The van der Waals surface area contributed by atoms with E-state index in [0.29, 0.717) is 0 Å². The molecule has 1 amide bonds. The van der Waals surface area contributed by atoms with Gasteiger partial charge in [0.1, 0.15) is 5.82 Å². The first-order valence-electron chi connectivity index (χ1n) is 7.56. The Kier molecular flexibility index (Phi) is 4.73. The maximum Gasteiger partial charge on any atom is 0.299 e. The van der Waals surface area contributed by atoms with Crippen LogP contribution in [0.4, 0.5) is 10.1 Å². The largest absolute Gasteiger partial charge is 0.493 e. The van der Waals surface area contributed by atoms with E-state index in [1.807, 2.05) is 0 Å². The average molecular weight is 380 g/mol. The van der Waals surface area contributed by atoms with Gasteiger partial charge < -0.3 is 14.2 Å². The van der Waals surface area contributed by atoms with Crippen LogP contribution in [0.3, 0.4) is 0 Å². The van der Waals surface area contributed by atoms with Crippen LogP contribution in [0, 0.1) is 5.82 Å². The third-order valence-corrected chi connectivity index (χ3v) is 4.35. The topological polar surface area (TPSA) is 65.1 Å². The molecule has 6 nitrogen and oxygen atoms in total. The first kappa shape index (κ1) is 18.0. The summed E-state index contributed by atoms with van der Waals surface area (Å²) in [6, 6.07) is 5.62. The number of ether oxygens (including phenoxy) is 3. The number of Topliss-reactive ketones (excluding diaryl/α,β-unsaturated/α-hetero) is 1. The van der Waals surface area contributed by atoms with Crippen molar-refractivity contribution in [1.82, 2.24) is 0 Å². The molecule has 1 heterocycles. The van der Waals surface area contributed by atoms with Gasteiger partial charge in [0.25, 0.3) is 11.7 Å². The molecule has 1 aliphatic rings. The Bertz CT molecular complexity index is 915. The van der Waals surface area contributed by atoms with Crippen LogP contribution in [0.1, 0.15) is 15.9 Å². The molecule has 0 unspecified atom stereocenters. The molecular formula is C18H15ClFNO5. The van der Waals surface area contributed by atoms with E-state index in [1.165, 1.54) is 44.4 Å². The lowest BCUT2D eigenvalue weighted by atomic mass is 10.1. The van der Waals surface area contributed by atoms with E-state index in [1.54, 1.807) is 0 Å². The molecule has 0 saturated heterocycles. The molecular weight excluding hydrogens is 365 g/mol. The van der Waals surface area contributed by atoms with E-state index < -0.39 is 17.5 Å². The van der Waals surface area contributed by atoms with Gasteiger partial charge in [-0.15, -0.1) is 0 Å². The number of nitrogens with zero attached hydrogens (tertiary/aromatic N) is 1. The predicted octanol–water partition coefficient (Wildman–Crippen LogP) is 3.23. The fraction of sp³-hybridized carbons (Fsp3) is 0.222. The highest BCUT2D eigenvalue weighted by molar-refractivity contribution is 6.53. The number of fused-ring (bicyclic) bond motifs is 1. The standard InChI is InChI=1S/C18H15ClFNO5/c1-24-13-7-12-14(17(26-3)16(13)25-2)15(22)18(23)21(12)8-9-4-5-10(19)6-11(9)20/h4-7H,8H2,1-3H3. The Hall–Kier alpha value is -2.80. The van der Waals surface area contributed by atoms with Crippen LogP contribution >= 0.6 is 11.6 Å². The Labute approximate surface area is 154 Å². The highest BCUT2D eigenvalue weighted by atomic mass is 35.5. The summed E-state index contributed by atoms with van der Waals surface area (Å²) >= 11 is 5.76. The summed E-state index contributed by atoms with van der Waals surface area (Å²) < 4.78 is 29.9. The normalized spacial score (nSPS) is 13.0. The van der Waals surface area contributed by atoms with Gasteiger partial charge in [0.2, 0.25) is 5.75 Å². The van der Waals surface area contributed by atoms with Crippen LogP contribution in [0.5, 0.6) is 17.2 Å². The van der Waals surface area contributed by atoms with E-state index in [4.69, 9.17) is 25.8 Å². The van der Waals surface area contributed by atoms with Crippen molar-refractivity contribution >= 4 is 29.0 Å². The minimum atomic E-state index is -0.789. The lowest BCUT2D eigenvalue weighted by Gasteiger charge is -2.20. The molecule has 0 saturated carbocycles. The monoisotopic (exact) mass is 379 g/mol. The van der Waals surface area contributed by atoms with Crippen molar-refractivity contribution in [3.05, 3.63) is 46.2 Å². The summed E-state index contributed by atoms with van der Waals surface area (Å²) in [5, 5.41) is 0.239. The second-order valence-corrected chi connectivity index (χ2v) is 5.93. The zero-order chi connectivity index (χ0) is 19.0.